The van der Waals surface area contributed by atoms with Crippen LogP contribution in [0.4, 0.5) is 68.2 Å². The summed E-state index contributed by atoms with van der Waals surface area (Å²) in [4.78, 5) is 10.8. The molecule has 117 heavy (non-hydrogen) atoms. The van der Waals surface area contributed by atoms with Crippen molar-refractivity contribution >= 4 is 126 Å². The SMILES string of the molecule is C=C/C=C\C=C1\c2ccc(N3c4cc5c(cc4B4c6ccccc6N(c6c(-c7ccccc7)cccc6-c6ccccc6)c6cc(C(C)(C)C)cc3c64)B3c4ccccc4N(c4c(-c6ccccc6)cccc4-c4ccccc4)c4cc(C(C)(C)C)cc(c43)N5c3c(-c4ccccc4)cccc3-c3ccccc3)cc2C2=C(CC=C2)[C@H]1C. The molecule has 0 radical (unpaired) electrons. The van der Waals surface area contributed by atoms with Gasteiger partial charge in [0.05, 0.1) is 17.1 Å². The third kappa shape index (κ3) is 11.6. The summed E-state index contributed by atoms with van der Waals surface area (Å²) in [7, 11) is 0. The zero-order valence-corrected chi connectivity index (χ0v) is 67.2. The predicted octanol–water partition coefficient (Wildman–Crippen LogP) is 25.9. The monoisotopic (exact) mass is 1500 g/mol. The molecule has 0 bridgehead atoms. The molecular formula is C111H88B2N4. The predicted molar refractivity (Wildman–Crippen MR) is 502 cm³/mol. The van der Waals surface area contributed by atoms with Gasteiger partial charge >= 0.3 is 0 Å². The molecule has 0 amide bonds. The highest BCUT2D eigenvalue weighted by atomic mass is 15.2. The van der Waals surface area contributed by atoms with Gasteiger partial charge in [-0.05, 0) is 171 Å². The minimum absolute atomic E-state index is 0.223. The number of anilines is 12. The van der Waals surface area contributed by atoms with Crippen molar-refractivity contribution in [3.63, 3.8) is 0 Å². The first-order chi connectivity index (χ1) is 57.3. The molecule has 0 saturated carbocycles. The van der Waals surface area contributed by atoms with Crippen molar-refractivity contribution in [1.82, 2.24) is 0 Å². The van der Waals surface area contributed by atoms with Crippen molar-refractivity contribution in [3.05, 3.63) is 411 Å². The van der Waals surface area contributed by atoms with Crippen molar-refractivity contribution in [2.45, 2.75) is 65.7 Å². The molecule has 0 fully saturated rings. The summed E-state index contributed by atoms with van der Waals surface area (Å²) < 4.78 is 0. The Morgan fingerprint density at radius 2 is 0.667 bits per heavy atom. The third-order valence-corrected chi connectivity index (χ3v) is 25.4. The van der Waals surface area contributed by atoms with Gasteiger partial charge in [0, 0.05) is 90.5 Å². The molecule has 0 unspecified atom stereocenters. The van der Waals surface area contributed by atoms with Gasteiger partial charge in [0.1, 0.15) is 0 Å². The van der Waals surface area contributed by atoms with Crippen LogP contribution in [-0.4, -0.2) is 13.4 Å². The van der Waals surface area contributed by atoms with E-state index in [1.165, 1.54) is 77.4 Å². The standard InChI is InChI=1S/C111H88B2N4/c1-9-10-17-50-82-72(2)83-51-34-58-90(83)92-69-81(63-64-91(82)92)114-99-71-100-96(70-95(99)112-93-59-30-32-61-97(93)115(102-66-79(110(3,4)5)65-101(114)105(102)112)107-84(73-38-18-11-19-39-73)52-35-53-85(107)74-40-20-12-21-41-74)113-94-60-31-33-62-98(94)116(108-86(75-42-22-13-23-43-75)54-36-55-87(108)76-44-24-14-25-45-76)103-67-80(111(6,7)8)68-104(106(103)113)117(100)109-88(77-46-26-15-27-47-77)56-37-57-89(109)78-48-28-16-29-49-78/h9-50,52-72H,1,51H2,2-8H3/b17-10-,82-50+/t72-/m0/s1. The van der Waals surface area contributed by atoms with Gasteiger partial charge in [0.25, 0.3) is 13.4 Å². The first-order valence-electron chi connectivity index (χ1n) is 41.5. The van der Waals surface area contributed by atoms with Gasteiger partial charge < -0.3 is 19.6 Å². The second-order valence-electron chi connectivity index (χ2n) is 34.2. The quantitative estimate of drug-likeness (QED) is 0.0893. The van der Waals surface area contributed by atoms with Crippen LogP contribution in [0.15, 0.2) is 388 Å². The Morgan fingerprint density at radius 1 is 0.316 bits per heavy atom. The van der Waals surface area contributed by atoms with Crippen LogP contribution in [0.3, 0.4) is 0 Å². The number of nitrogens with zero attached hydrogens (tertiary/aromatic N) is 4. The van der Waals surface area contributed by atoms with E-state index in [0.29, 0.717) is 0 Å². The number of rotatable bonds is 12. The van der Waals surface area contributed by atoms with Gasteiger partial charge in [-0.3, -0.25) is 0 Å². The highest BCUT2D eigenvalue weighted by Gasteiger charge is 2.51. The number of benzene rings is 15. The van der Waals surface area contributed by atoms with E-state index in [1.807, 2.05) is 6.08 Å². The molecule has 0 spiro atoms. The maximum atomic E-state index is 4.10. The van der Waals surface area contributed by atoms with Crippen LogP contribution >= 0.6 is 0 Å². The lowest BCUT2D eigenvalue weighted by Crippen LogP contribution is -2.65. The molecule has 15 aromatic carbocycles. The molecule has 2 aliphatic carbocycles. The Morgan fingerprint density at radius 3 is 1.04 bits per heavy atom. The first-order valence-corrected chi connectivity index (χ1v) is 41.5. The van der Waals surface area contributed by atoms with E-state index in [1.54, 1.807) is 0 Å². The number of hydrogen-bond acceptors (Lipinski definition) is 4. The lowest BCUT2D eigenvalue weighted by Gasteiger charge is -2.49. The summed E-state index contributed by atoms with van der Waals surface area (Å²) >= 11 is 0. The van der Waals surface area contributed by atoms with Gasteiger partial charge in [0.2, 0.25) is 0 Å². The molecule has 4 nitrogen and oxygen atoms in total. The van der Waals surface area contributed by atoms with Crippen molar-refractivity contribution in [2.24, 2.45) is 5.92 Å². The molecule has 0 aromatic heterocycles. The summed E-state index contributed by atoms with van der Waals surface area (Å²) in [6.45, 7) is 20.4. The summed E-state index contributed by atoms with van der Waals surface area (Å²) in [5.41, 5.74) is 43.5. The summed E-state index contributed by atoms with van der Waals surface area (Å²) in [6.07, 6.45) is 14.1. The van der Waals surface area contributed by atoms with Crippen LogP contribution in [-0.2, 0) is 10.8 Å². The average molecular weight is 1500 g/mol. The summed E-state index contributed by atoms with van der Waals surface area (Å²) in [5, 5.41) is 0. The van der Waals surface area contributed by atoms with Gasteiger partial charge in [-0.15, -0.1) is 0 Å². The molecule has 0 saturated heterocycles. The number of allylic oxidation sites excluding steroid dienone is 9. The van der Waals surface area contributed by atoms with Crippen LogP contribution in [0.5, 0.6) is 0 Å². The van der Waals surface area contributed by atoms with Crippen molar-refractivity contribution in [3.8, 4) is 66.8 Å². The lowest BCUT2D eigenvalue weighted by molar-refractivity contribution is 0.590. The van der Waals surface area contributed by atoms with Crippen LogP contribution in [0.1, 0.15) is 77.1 Å². The van der Waals surface area contributed by atoms with Crippen molar-refractivity contribution < 1.29 is 0 Å². The molecule has 6 heteroatoms. The van der Waals surface area contributed by atoms with E-state index in [0.717, 1.165) is 136 Å². The zero-order chi connectivity index (χ0) is 79.0. The number of hydrogen-bond donors (Lipinski definition) is 0. The highest BCUT2D eigenvalue weighted by molar-refractivity contribution is 7.03. The minimum Gasteiger partial charge on any atom is -0.311 e. The van der Waals surface area contributed by atoms with Gasteiger partial charge in [-0.2, -0.15) is 0 Å². The van der Waals surface area contributed by atoms with Crippen LogP contribution < -0.4 is 52.4 Å². The minimum atomic E-state index is -0.326. The normalized spacial score (nSPS) is 15.0. The molecule has 4 heterocycles. The molecular weight excluding hydrogens is 1410 g/mol. The largest absolute Gasteiger partial charge is 0.311 e. The fraction of sp³-hybridized carbons (Fsp3) is 0.0991. The van der Waals surface area contributed by atoms with Crippen LogP contribution in [0.2, 0.25) is 0 Å². The molecule has 6 aliphatic rings. The van der Waals surface area contributed by atoms with Gasteiger partial charge in [-0.25, -0.2) is 0 Å². The third-order valence-electron chi connectivity index (χ3n) is 25.4. The molecule has 4 aliphatic heterocycles. The molecule has 558 valence electrons. The second kappa shape index (κ2) is 28.1. The topological polar surface area (TPSA) is 13.0 Å². The van der Waals surface area contributed by atoms with E-state index < -0.39 is 0 Å². The zero-order valence-electron chi connectivity index (χ0n) is 67.2. The van der Waals surface area contributed by atoms with Gasteiger partial charge in [0.15, 0.2) is 0 Å². The Labute approximate surface area is 689 Å². The Hall–Kier alpha value is -13.7. The van der Waals surface area contributed by atoms with Crippen LogP contribution in [0.25, 0.3) is 77.9 Å². The van der Waals surface area contributed by atoms with Gasteiger partial charge in [-0.1, -0.05) is 382 Å². The lowest BCUT2D eigenvalue weighted by atomic mass is 9.30. The molecule has 1 atom stereocenters. The Bertz CT molecular complexity index is 6490. The average Bonchev–Trinajstić information content (AvgIpc) is 0.705. The number of para-hydroxylation sites is 5. The van der Waals surface area contributed by atoms with E-state index in [-0.39, 0.29) is 30.2 Å². The fourth-order valence-corrected chi connectivity index (χ4v) is 19.9. The maximum absolute atomic E-state index is 4.10. The van der Waals surface area contributed by atoms with Crippen molar-refractivity contribution in [2.75, 3.05) is 19.6 Å². The Balaban J connectivity index is 0.933. The van der Waals surface area contributed by atoms with Crippen molar-refractivity contribution in [1.29, 1.82) is 0 Å². The van der Waals surface area contributed by atoms with E-state index in [2.05, 4.69) is 445 Å². The van der Waals surface area contributed by atoms with E-state index >= 15 is 0 Å². The highest BCUT2D eigenvalue weighted by Crippen LogP contribution is 2.58. The molecule has 21 rings (SSSR count). The second-order valence-corrected chi connectivity index (χ2v) is 34.2. The number of fused-ring (bicyclic) bond motifs is 10. The smallest absolute Gasteiger partial charge is 0.252 e. The fourth-order valence-electron chi connectivity index (χ4n) is 19.9. The summed E-state index contributed by atoms with van der Waals surface area (Å²) in [6, 6.07) is 130. The molecule has 0 N–H and O–H groups in total. The first kappa shape index (κ1) is 71.1. The summed E-state index contributed by atoms with van der Waals surface area (Å²) in [5.74, 6) is 0.223. The Kier molecular flexibility index (Phi) is 17.1. The van der Waals surface area contributed by atoms with E-state index in [4.69, 9.17) is 0 Å². The van der Waals surface area contributed by atoms with E-state index in [9.17, 15) is 0 Å². The molecule has 15 aromatic rings. The van der Waals surface area contributed by atoms with Crippen LogP contribution in [0, 0.1) is 5.92 Å². The maximum Gasteiger partial charge on any atom is 0.252 e.